The van der Waals surface area contributed by atoms with E-state index in [0.29, 0.717) is 0 Å². The van der Waals surface area contributed by atoms with Crippen LogP contribution in [0.3, 0.4) is 0 Å². The number of hydrogen-bond donors (Lipinski definition) is 0. The molecule has 0 N–H and O–H groups in total. The summed E-state index contributed by atoms with van der Waals surface area (Å²) in [5, 5.41) is 0. The molecule has 2 aliphatic heterocycles. The van der Waals surface area contributed by atoms with E-state index in [1.165, 1.54) is 47.2 Å². The predicted octanol–water partition coefficient (Wildman–Crippen LogP) is 4.24. The first-order valence-electron chi connectivity index (χ1n) is 9.07. The molecular formula is C19H23I2N3O. The van der Waals surface area contributed by atoms with E-state index in [-0.39, 0.29) is 6.10 Å². The molecule has 0 amide bonds. The van der Waals surface area contributed by atoms with Gasteiger partial charge in [-0.15, -0.1) is 0 Å². The second kappa shape index (κ2) is 8.22. The molecule has 3 heterocycles. The number of nitrogens with zero attached hydrogens (tertiary/aromatic N) is 3. The second-order valence-electron chi connectivity index (χ2n) is 6.81. The van der Waals surface area contributed by atoms with Crippen LogP contribution in [0.1, 0.15) is 42.3 Å². The zero-order chi connectivity index (χ0) is 17.2. The van der Waals surface area contributed by atoms with E-state index < -0.39 is 0 Å². The van der Waals surface area contributed by atoms with E-state index in [1.54, 1.807) is 0 Å². The summed E-state index contributed by atoms with van der Waals surface area (Å²) in [6.07, 6.45) is 5.01. The van der Waals surface area contributed by atoms with Crippen molar-refractivity contribution >= 4 is 45.2 Å². The van der Waals surface area contributed by atoms with Gasteiger partial charge in [0.1, 0.15) is 19.3 Å². The fraction of sp³-hybridized carbons (Fsp3) is 0.526. The molecule has 1 atom stereocenters. The number of rotatable bonds is 4. The van der Waals surface area contributed by atoms with Crippen molar-refractivity contribution in [2.75, 3.05) is 26.2 Å². The molecule has 0 spiro atoms. The fourth-order valence-corrected chi connectivity index (χ4v) is 5.02. The van der Waals surface area contributed by atoms with Gasteiger partial charge < -0.3 is 14.2 Å². The van der Waals surface area contributed by atoms with Crippen molar-refractivity contribution < 1.29 is 4.74 Å². The van der Waals surface area contributed by atoms with E-state index in [9.17, 15) is 0 Å². The molecule has 0 radical (unpaired) electrons. The molecule has 6 heteroatoms. The molecule has 0 bridgehead atoms. The summed E-state index contributed by atoms with van der Waals surface area (Å²) in [6, 6.07) is 8.70. The van der Waals surface area contributed by atoms with E-state index in [1.807, 2.05) is 0 Å². The highest BCUT2D eigenvalue weighted by molar-refractivity contribution is 14.1. The summed E-state index contributed by atoms with van der Waals surface area (Å²) in [6.45, 7) is 5.20. The number of halogens is 2. The van der Waals surface area contributed by atoms with Gasteiger partial charge in [0.05, 0.1) is 6.61 Å². The number of imidazole rings is 1. The first-order chi connectivity index (χ1) is 12.2. The fourth-order valence-electron chi connectivity index (χ4n) is 3.87. The standard InChI is InChI=1S/C19H23I2N3O/c20-17-18(21)24-11-8-14-6-2-3-7-15(14)16(19(24)22-17)25-13-12-23-9-4-1-5-10-23/h2-3,6-7,16H,1,4-5,8-13H2. The van der Waals surface area contributed by atoms with Crippen LogP contribution >= 0.6 is 45.2 Å². The van der Waals surface area contributed by atoms with Crippen molar-refractivity contribution in [3.63, 3.8) is 0 Å². The van der Waals surface area contributed by atoms with E-state index in [4.69, 9.17) is 9.72 Å². The highest BCUT2D eigenvalue weighted by atomic mass is 127. The average molecular weight is 563 g/mol. The lowest BCUT2D eigenvalue weighted by Crippen LogP contribution is -2.33. The van der Waals surface area contributed by atoms with Gasteiger partial charge in [0.25, 0.3) is 0 Å². The van der Waals surface area contributed by atoms with Gasteiger partial charge in [-0.2, -0.15) is 0 Å². The molecule has 2 aromatic rings. The van der Waals surface area contributed by atoms with Gasteiger partial charge in [-0.05, 0) is 88.7 Å². The number of likely N-dealkylation sites (tertiary alicyclic amines) is 1. The Kier molecular flexibility index (Phi) is 5.98. The monoisotopic (exact) mass is 563 g/mol. The zero-order valence-electron chi connectivity index (χ0n) is 14.3. The van der Waals surface area contributed by atoms with Gasteiger partial charge in [-0.1, -0.05) is 30.7 Å². The lowest BCUT2D eigenvalue weighted by molar-refractivity contribution is 0.0500. The number of fused-ring (bicyclic) bond motifs is 2. The maximum Gasteiger partial charge on any atom is 0.144 e. The molecule has 0 aliphatic carbocycles. The molecule has 1 unspecified atom stereocenters. The Morgan fingerprint density at radius 3 is 2.72 bits per heavy atom. The Balaban J connectivity index is 1.57. The molecule has 4 rings (SSSR count). The molecular weight excluding hydrogens is 540 g/mol. The summed E-state index contributed by atoms with van der Waals surface area (Å²) in [5.41, 5.74) is 2.68. The van der Waals surface area contributed by atoms with Crippen molar-refractivity contribution in [2.24, 2.45) is 0 Å². The molecule has 134 valence electrons. The summed E-state index contributed by atoms with van der Waals surface area (Å²) in [7, 11) is 0. The van der Waals surface area contributed by atoms with Gasteiger partial charge in [-0.3, -0.25) is 0 Å². The van der Waals surface area contributed by atoms with Crippen LogP contribution in [0.4, 0.5) is 0 Å². The lowest BCUT2D eigenvalue weighted by atomic mass is 10.0. The minimum absolute atomic E-state index is 0.0551. The normalized spacial score (nSPS) is 20.8. The first-order valence-corrected chi connectivity index (χ1v) is 11.2. The third-order valence-corrected chi connectivity index (χ3v) is 8.09. The van der Waals surface area contributed by atoms with Crippen molar-refractivity contribution in [2.45, 2.75) is 38.3 Å². The minimum Gasteiger partial charge on any atom is -0.364 e. The smallest absolute Gasteiger partial charge is 0.144 e. The van der Waals surface area contributed by atoms with Gasteiger partial charge in [0.2, 0.25) is 0 Å². The summed E-state index contributed by atoms with van der Waals surface area (Å²) < 4.78 is 11.1. The molecule has 2 aliphatic rings. The van der Waals surface area contributed by atoms with Crippen LogP contribution in [0.25, 0.3) is 0 Å². The highest BCUT2D eigenvalue weighted by Crippen LogP contribution is 2.34. The summed E-state index contributed by atoms with van der Waals surface area (Å²) in [5.74, 6) is 1.07. The Hall–Kier alpha value is -0.190. The topological polar surface area (TPSA) is 30.3 Å². The number of aryl methyl sites for hydroxylation is 1. The molecule has 1 aromatic carbocycles. The number of ether oxygens (including phenoxy) is 1. The largest absolute Gasteiger partial charge is 0.364 e. The number of hydrogen-bond acceptors (Lipinski definition) is 3. The zero-order valence-corrected chi connectivity index (χ0v) is 18.6. The molecule has 1 saturated heterocycles. The van der Waals surface area contributed by atoms with E-state index in [2.05, 4.69) is 78.9 Å². The van der Waals surface area contributed by atoms with Crippen molar-refractivity contribution in [1.29, 1.82) is 0 Å². The Morgan fingerprint density at radius 2 is 1.88 bits per heavy atom. The molecule has 4 nitrogen and oxygen atoms in total. The van der Waals surface area contributed by atoms with Gasteiger partial charge in [-0.25, -0.2) is 4.98 Å². The Labute approximate surface area is 176 Å². The van der Waals surface area contributed by atoms with E-state index >= 15 is 0 Å². The SMILES string of the molecule is Ic1nc2n(c1I)CCc1ccccc1C2OCCN1CCCCC1. The van der Waals surface area contributed by atoms with Crippen molar-refractivity contribution in [3.05, 3.63) is 48.6 Å². The third-order valence-electron chi connectivity index (χ3n) is 5.21. The predicted molar refractivity (Wildman–Crippen MR) is 116 cm³/mol. The molecule has 0 saturated carbocycles. The molecule has 25 heavy (non-hydrogen) atoms. The Bertz CT molecular complexity index is 740. The summed E-state index contributed by atoms with van der Waals surface area (Å²) in [4.78, 5) is 7.39. The highest BCUT2D eigenvalue weighted by Gasteiger charge is 2.28. The van der Waals surface area contributed by atoms with E-state index in [0.717, 1.165) is 35.6 Å². The average Bonchev–Trinajstić information content (AvgIpc) is 2.83. The van der Waals surface area contributed by atoms with Gasteiger partial charge in [0, 0.05) is 13.1 Å². The molecule has 1 aromatic heterocycles. The van der Waals surface area contributed by atoms with Crippen molar-refractivity contribution in [3.8, 4) is 0 Å². The quantitative estimate of drug-likeness (QED) is 0.522. The van der Waals surface area contributed by atoms with Gasteiger partial charge in [0.15, 0.2) is 0 Å². The lowest BCUT2D eigenvalue weighted by Gasteiger charge is -2.27. The van der Waals surface area contributed by atoms with Crippen LogP contribution in [0.15, 0.2) is 24.3 Å². The van der Waals surface area contributed by atoms with Crippen LogP contribution in [0.5, 0.6) is 0 Å². The van der Waals surface area contributed by atoms with Gasteiger partial charge >= 0.3 is 0 Å². The van der Waals surface area contributed by atoms with Crippen LogP contribution in [0, 0.1) is 7.40 Å². The Morgan fingerprint density at radius 1 is 1.08 bits per heavy atom. The second-order valence-corrected chi connectivity index (χ2v) is 8.85. The van der Waals surface area contributed by atoms with Crippen LogP contribution in [-0.2, 0) is 17.7 Å². The third kappa shape index (κ3) is 3.91. The first kappa shape index (κ1) is 18.2. The van der Waals surface area contributed by atoms with Crippen LogP contribution in [-0.4, -0.2) is 40.7 Å². The maximum atomic E-state index is 6.46. The number of aromatic nitrogens is 2. The van der Waals surface area contributed by atoms with Crippen LogP contribution < -0.4 is 0 Å². The number of piperidine rings is 1. The van der Waals surface area contributed by atoms with Crippen molar-refractivity contribution in [1.82, 2.24) is 14.5 Å². The van der Waals surface area contributed by atoms with Crippen LogP contribution in [0.2, 0.25) is 0 Å². The molecule has 1 fully saturated rings. The maximum absolute atomic E-state index is 6.46. The number of benzene rings is 1. The minimum atomic E-state index is -0.0551. The summed E-state index contributed by atoms with van der Waals surface area (Å²) >= 11 is 4.75.